The normalized spacial score (nSPS) is 10.7. The van der Waals surface area contributed by atoms with Crippen molar-refractivity contribution in [3.8, 4) is 0 Å². The number of rotatable bonds is 4. The third-order valence-electron chi connectivity index (χ3n) is 2.41. The highest BCUT2D eigenvalue weighted by Gasteiger charge is 2.04. The van der Waals surface area contributed by atoms with E-state index in [1.54, 1.807) is 29.2 Å². The van der Waals surface area contributed by atoms with Gasteiger partial charge in [0.2, 0.25) is 0 Å². The van der Waals surface area contributed by atoms with Crippen LogP contribution in [0.1, 0.15) is 10.6 Å². The third-order valence-corrected chi connectivity index (χ3v) is 4.47. The summed E-state index contributed by atoms with van der Waals surface area (Å²) in [7, 11) is 0. The van der Waals surface area contributed by atoms with Crippen molar-refractivity contribution in [2.45, 2.75) is 18.2 Å². The van der Waals surface area contributed by atoms with Crippen LogP contribution in [0.15, 0.2) is 28.6 Å². The Hall–Kier alpha value is -1.07. The van der Waals surface area contributed by atoms with Gasteiger partial charge in [-0.05, 0) is 31.5 Å². The number of halogens is 1. The summed E-state index contributed by atoms with van der Waals surface area (Å²) in [5.74, 6) is 0.645. The van der Waals surface area contributed by atoms with Crippen LogP contribution in [-0.4, -0.2) is 10.7 Å². The number of hydrogen-bond donors (Lipinski definition) is 1. The highest BCUT2D eigenvalue weighted by molar-refractivity contribution is 7.99. The number of aromatic nitrogens is 1. The molecule has 0 saturated carbocycles. The van der Waals surface area contributed by atoms with Gasteiger partial charge in [-0.2, -0.15) is 0 Å². The molecule has 0 aliphatic rings. The molecule has 2 N–H and O–H groups in total. The first-order valence-electron chi connectivity index (χ1n) is 5.23. The van der Waals surface area contributed by atoms with Gasteiger partial charge in [0.25, 0.3) is 0 Å². The van der Waals surface area contributed by atoms with Crippen molar-refractivity contribution in [1.82, 2.24) is 4.98 Å². The van der Waals surface area contributed by atoms with Gasteiger partial charge in [0, 0.05) is 21.2 Å². The number of anilines is 1. The van der Waals surface area contributed by atoms with E-state index >= 15 is 0 Å². The van der Waals surface area contributed by atoms with E-state index in [0.717, 1.165) is 22.8 Å². The topological polar surface area (TPSA) is 38.9 Å². The molecule has 2 aromatic rings. The van der Waals surface area contributed by atoms with Crippen LogP contribution in [0.3, 0.4) is 0 Å². The van der Waals surface area contributed by atoms with E-state index in [-0.39, 0.29) is 5.82 Å². The number of thiazole rings is 1. The second-order valence-electron chi connectivity index (χ2n) is 3.64. The lowest BCUT2D eigenvalue weighted by Crippen LogP contribution is -1.92. The van der Waals surface area contributed by atoms with E-state index in [1.807, 2.05) is 12.4 Å². The molecule has 0 aliphatic heterocycles. The van der Waals surface area contributed by atoms with Crippen LogP contribution in [-0.2, 0) is 6.42 Å². The number of nitrogens with zero attached hydrogens (tertiary/aromatic N) is 1. The molecule has 0 bridgehead atoms. The van der Waals surface area contributed by atoms with Crippen LogP contribution in [0.5, 0.6) is 0 Å². The number of nitrogens with two attached hydrogens (primary N) is 1. The maximum atomic E-state index is 13.0. The van der Waals surface area contributed by atoms with Gasteiger partial charge < -0.3 is 5.73 Å². The van der Waals surface area contributed by atoms with E-state index in [1.165, 1.54) is 17.0 Å². The molecule has 90 valence electrons. The Morgan fingerprint density at radius 2 is 2.29 bits per heavy atom. The van der Waals surface area contributed by atoms with Crippen LogP contribution in [0.25, 0.3) is 0 Å². The SMILES string of the molecule is Cc1ncsc1CCSc1cc(F)ccc1N. The van der Waals surface area contributed by atoms with Crippen molar-refractivity contribution in [2.75, 3.05) is 11.5 Å². The number of nitrogen functional groups attached to an aromatic ring is 1. The fraction of sp³-hybridized carbons (Fsp3) is 0.250. The molecular formula is C12H13FN2S2. The summed E-state index contributed by atoms with van der Waals surface area (Å²) >= 11 is 3.24. The first-order valence-corrected chi connectivity index (χ1v) is 7.10. The summed E-state index contributed by atoms with van der Waals surface area (Å²) in [6, 6.07) is 4.47. The lowest BCUT2D eigenvalue weighted by atomic mass is 10.3. The zero-order valence-corrected chi connectivity index (χ0v) is 11.1. The standard InChI is InChI=1S/C12H13FN2S2/c1-8-11(17-7-15-8)4-5-16-12-6-9(13)2-3-10(12)14/h2-3,6-7H,4-5,14H2,1H3. The first-order chi connectivity index (χ1) is 8.16. The number of aryl methyl sites for hydroxylation is 2. The first kappa shape index (κ1) is 12.4. The molecule has 0 spiro atoms. The van der Waals surface area contributed by atoms with Crippen molar-refractivity contribution in [3.05, 3.63) is 40.1 Å². The summed E-state index contributed by atoms with van der Waals surface area (Å²) in [6.45, 7) is 2.01. The fourth-order valence-corrected chi connectivity index (χ4v) is 3.32. The maximum Gasteiger partial charge on any atom is 0.124 e. The molecule has 0 fully saturated rings. The zero-order valence-electron chi connectivity index (χ0n) is 9.44. The molecule has 5 heteroatoms. The highest BCUT2D eigenvalue weighted by Crippen LogP contribution is 2.27. The van der Waals surface area contributed by atoms with Crippen LogP contribution in [0.2, 0.25) is 0 Å². The molecular weight excluding hydrogens is 255 g/mol. The Labute approximate surface area is 108 Å². The number of benzene rings is 1. The van der Waals surface area contributed by atoms with Gasteiger partial charge in [-0.15, -0.1) is 23.1 Å². The van der Waals surface area contributed by atoms with Gasteiger partial charge in [-0.3, -0.25) is 0 Å². The maximum absolute atomic E-state index is 13.0. The lowest BCUT2D eigenvalue weighted by molar-refractivity contribution is 0.624. The second-order valence-corrected chi connectivity index (χ2v) is 5.72. The molecule has 1 aromatic carbocycles. The Morgan fingerprint density at radius 3 is 3.00 bits per heavy atom. The van der Waals surface area contributed by atoms with Crippen LogP contribution >= 0.6 is 23.1 Å². The van der Waals surface area contributed by atoms with Crippen LogP contribution in [0, 0.1) is 12.7 Å². The number of hydrogen-bond acceptors (Lipinski definition) is 4. The monoisotopic (exact) mass is 268 g/mol. The summed E-state index contributed by atoms with van der Waals surface area (Å²) in [4.78, 5) is 6.30. The van der Waals surface area contributed by atoms with E-state index < -0.39 is 0 Å². The molecule has 2 rings (SSSR count). The average molecular weight is 268 g/mol. The molecule has 17 heavy (non-hydrogen) atoms. The molecule has 0 saturated heterocycles. The van der Waals surface area contributed by atoms with Crippen molar-refractivity contribution in [3.63, 3.8) is 0 Å². The molecule has 1 heterocycles. The predicted octanol–water partition coefficient (Wildman–Crippen LogP) is 3.51. The molecule has 0 aliphatic carbocycles. The average Bonchev–Trinajstić information content (AvgIpc) is 2.70. The van der Waals surface area contributed by atoms with Crippen molar-refractivity contribution < 1.29 is 4.39 Å². The van der Waals surface area contributed by atoms with E-state index in [0.29, 0.717) is 5.69 Å². The van der Waals surface area contributed by atoms with Crippen LogP contribution in [0.4, 0.5) is 10.1 Å². The van der Waals surface area contributed by atoms with Gasteiger partial charge >= 0.3 is 0 Å². The number of thioether (sulfide) groups is 1. The van der Waals surface area contributed by atoms with E-state index in [9.17, 15) is 4.39 Å². The summed E-state index contributed by atoms with van der Waals surface area (Å²) in [6.07, 6.45) is 0.942. The smallest absolute Gasteiger partial charge is 0.124 e. The third kappa shape index (κ3) is 3.20. The zero-order chi connectivity index (χ0) is 12.3. The fourth-order valence-electron chi connectivity index (χ4n) is 1.45. The molecule has 0 atom stereocenters. The minimum atomic E-state index is -0.240. The van der Waals surface area contributed by atoms with E-state index in [4.69, 9.17) is 5.73 Å². The quantitative estimate of drug-likeness (QED) is 0.681. The summed E-state index contributed by atoms with van der Waals surface area (Å²) in [5.41, 5.74) is 9.36. The molecule has 1 aromatic heterocycles. The molecule has 2 nitrogen and oxygen atoms in total. The Morgan fingerprint density at radius 1 is 1.47 bits per heavy atom. The largest absolute Gasteiger partial charge is 0.398 e. The van der Waals surface area contributed by atoms with Gasteiger partial charge in [0.1, 0.15) is 5.82 Å². The van der Waals surface area contributed by atoms with Crippen molar-refractivity contribution in [2.24, 2.45) is 0 Å². The van der Waals surface area contributed by atoms with Crippen LogP contribution < -0.4 is 5.73 Å². The Bertz CT molecular complexity index is 511. The van der Waals surface area contributed by atoms with E-state index in [2.05, 4.69) is 4.98 Å². The molecule has 0 amide bonds. The van der Waals surface area contributed by atoms with Gasteiger partial charge in [-0.25, -0.2) is 9.37 Å². The minimum Gasteiger partial charge on any atom is -0.398 e. The second kappa shape index (κ2) is 5.51. The van der Waals surface area contributed by atoms with Crippen molar-refractivity contribution >= 4 is 28.8 Å². The van der Waals surface area contributed by atoms with Gasteiger partial charge in [0.05, 0.1) is 11.2 Å². The molecule has 0 radical (unpaired) electrons. The van der Waals surface area contributed by atoms with Crippen molar-refractivity contribution in [1.29, 1.82) is 0 Å². The highest BCUT2D eigenvalue weighted by atomic mass is 32.2. The minimum absolute atomic E-state index is 0.240. The lowest BCUT2D eigenvalue weighted by Gasteiger charge is -2.05. The van der Waals surface area contributed by atoms with Gasteiger partial charge in [0.15, 0.2) is 0 Å². The Balaban J connectivity index is 1.94. The molecule has 0 unspecified atom stereocenters. The van der Waals surface area contributed by atoms with Gasteiger partial charge in [-0.1, -0.05) is 0 Å². The summed E-state index contributed by atoms with van der Waals surface area (Å²) in [5, 5.41) is 0. The Kier molecular flexibility index (Phi) is 4.02. The predicted molar refractivity (Wildman–Crippen MR) is 72.1 cm³/mol. The summed E-state index contributed by atoms with van der Waals surface area (Å²) < 4.78 is 13.0.